The van der Waals surface area contributed by atoms with Gasteiger partial charge in [0.05, 0.1) is 0 Å². The number of nitrogens with one attached hydrogen (secondary N) is 3. The Morgan fingerprint density at radius 1 is 0.931 bits per heavy atom. The molecule has 150 valence electrons. The highest BCUT2D eigenvalue weighted by molar-refractivity contribution is 7.80. The van der Waals surface area contributed by atoms with Gasteiger partial charge in [0.15, 0.2) is 5.11 Å². The van der Waals surface area contributed by atoms with Crippen LogP contribution in [0, 0.1) is 6.92 Å². The van der Waals surface area contributed by atoms with Crippen LogP contribution in [-0.4, -0.2) is 21.0 Å². The van der Waals surface area contributed by atoms with E-state index >= 15 is 0 Å². The summed E-state index contributed by atoms with van der Waals surface area (Å²) in [6, 6.07) is 20.9. The number of hydrogen-bond donors (Lipinski definition) is 3. The minimum absolute atomic E-state index is 0.211. The summed E-state index contributed by atoms with van der Waals surface area (Å²) in [5, 5.41) is 10.9. The fraction of sp³-hybridized carbons (Fsp3) is 0.143. The van der Waals surface area contributed by atoms with E-state index in [4.69, 9.17) is 47.0 Å². The Hall–Kier alpha value is -2.05. The van der Waals surface area contributed by atoms with Crippen LogP contribution in [0.25, 0.3) is 10.8 Å². The molecule has 0 radical (unpaired) electrons. The van der Waals surface area contributed by atoms with Crippen LogP contribution in [0.5, 0.6) is 0 Å². The first-order chi connectivity index (χ1) is 13.8. The van der Waals surface area contributed by atoms with Crippen LogP contribution >= 0.6 is 47.0 Å². The highest BCUT2D eigenvalue weighted by Crippen LogP contribution is 2.30. The second-order valence-electron chi connectivity index (χ2n) is 6.39. The van der Waals surface area contributed by atoms with Crippen LogP contribution in [0.4, 0.5) is 5.69 Å². The van der Waals surface area contributed by atoms with Gasteiger partial charge in [0.1, 0.15) is 6.17 Å². The molecule has 3 aromatic rings. The second kappa shape index (κ2) is 9.18. The molecule has 4 nitrogen and oxygen atoms in total. The molecule has 0 spiro atoms. The molecule has 0 bridgehead atoms. The van der Waals surface area contributed by atoms with Gasteiger partial charge in [-0.15, -0.1) is 0 Å². The molecular formula is C21H18Cl3N3OS. The number of anilines is 1. The number of carbonyl (C=O) groups is 1. The first-order valence-electron chi connectivity index (χ1n) is 8.74. The molecule has 3 aromatic carbocycles. The predicted octanol–water partition coefficient (Wildman–Crippen LogP) is 5.56. The number of aryl methyl sites for hydroxylation is 1. The van der Waals surface area contributed by atoms with Crippen molar-refractivity contribution in [3.8, 4) is 0 Å². The second-order valence-corrected chi connectivity index (χ2v) is 9.17. The molecule has 3 rings (SSSR count). The maximum atomic E-state index is 12.6. The number of hydrogen-bond acceptors (Lipinski definition) is 2. The topological polar surface area (TPSA) is 53.2 Å². The summed E-state index contributed by atoms with van der Waals surface area (Å²) in [5.74, 6) is -0.375. The Balaban J connectivity index is 1.76. The summed E-state index contributed by atoms with van der Waals surface area (Å²) in [4.78, 5) is 12.6. The molecule has 0 unspecified atom stereocenters. The first kappa shape index (κ1) is 21.7. The summed E-state index contributed by atoms with van der Waals surface area (Å²) < 4.78 is -1.83. The third-order valence-corrected chi connectivity index (χ3v) is 5.18. The third kappa shape index (κ3) is 5.52. The van der Waals surface area contributed by atoms with Gasteiger partial charge < -0.3 is 16.0 Å². The van der Waals surface area contributed by atoms with Crippen LogP contribution in [0.2, 0.25) is 0 Å². The predicted molar refractivity (Wildman–Crippen MR) is 126 cm³/mol. The monoisotopic (exact) mass is 465 g/mol. The minimum atomic E-state index is -1.83. The van der Waals surface area contributed by atoms with Crippen molar-refractivity contribution in [2.24, 2.45) is 0 Å². The van der Waals surface area contributed by atoms with E-state index in [2.05, 4.69) is 16.0 Å². The van der Waals surface area contributed by atoms with Crippen molar-refractivity contribution in [3.63, 3.8) is 0 Å². The number of benzene rings is 3. The first-order valence-corrected chi connectivity index (χ1v) is 10.3. The molecule has 1 atom stereocenters. The van der Waals surface area contributed by atoms with Crippen molar-refractivity contribution >= 4 is 74.5 Å². The fourth-order valence-electron chi connectivity index (χ4n) is 2.86. The molecule has 0 aliphatic heterocycles. The van der Waals surface area contributed by atoms with E-state index in [1.165, 1.54) is 0 Å². The van der Waals surface area contributed by atoms with Gasteiger partial charge in [-0.25, -0.2) is 0 Å². The molecule has 3 N–H and O–H groups in total. The Kier molecular flexibility index (Phi) is 6.85. The molecule has 0 aliphatic carbocycles. The van der Waals surface area contributed by atoms with Crippen molar-refractivity contribution < 1.29 is 4.79 Å². The van der Waals surface area contributed by atoms with Crippen molar-refractivity contribution in [3.05, 3.63) is 77.9 Å². The summed E-state index contributed by atoms with van der Waals surface area (Å²) in [7, 11) is 0. The normalized spacial score (nSPS) is 12.3. The number of fused-ring (bicyclic) bond motifs is 1. The molecule has 0 saturated carbocycles. The quantitative estimate of drug-likeness (QED) is 0.268. The summed E-state index contributed by atoms with van der Waals surface area (Å²) >= 11 is 23.6. The van der Waals surface area contributed by atoms with Crippen LogP contribution in [0.3, 0.4) is 0 Å². The lowest BCUT2D eigenvalue weighted by Gasteiger charge is -2.28. The number of carbonyl (C=O) groups excluding carboxylic acids is 1. The molecule has 0 saturated heterocycles. The summed E-state index contributed by atoms with van der Waals surface area (Å²) in [6.45, 7) is 1.83. The molecule has 0 fully saturated rings. The zero-order valence-corrected chi connectivity index (χ0v) is 18.5. The summed E-state index contributed by atoms with van der Waals surface area (Å²) in [5.41, 5.74) is 2.10. The highest BCUT2D eigenvalue weighted by Gasteiger charge is 2.35. The lowest BCUT2D eigenvalue weighted by molar-refractivity contribution is 0.0934. The van der Waals surface area contributed by atoms with Gasteiger partial charge in [0.25, 0.3) is 5.91 Å². The van der Waals surface area contributed by atoms with Crippen LogP contribution in [-0.2, 0) is 0 Å². The Labute approximate surface area is 189 Å². The van der Waals surface area contributed by atoms with Crippen molar-refractivity contribution in [2.45, 2.75) is 16.9 Å². The zero-order chi connectivity index (χ0) is 21.0. The van der Waals surface area contributed by atoms with Crippen molar-refractivity contribution in [1.29, 1.82) is 0 Å². The van der Waals surface area contributed by atoms with E-state index in [1.54, 1.807) is 12.1 Å². The lowest BCUT2D eigenvalue weighted by Crippen LogP contribution is -2.56. The average Bonchev–Trinajstić information content (AvgIpc) is 2.67. The van der Waals surface area contributed by atoms with Gasteiger partial charge in [-0.1, -0.05) is 89.4 Å². The molecule has 0 heterocycles. The number of rotatable bonds is 4. The van der Waals surface area contributed by atoms with E-state index in [0.29, 0.717) is 5.56 Å². The zero-order valence-electron chi connectivity index (χ0n) is 15.4. The highest BCUT2D eigenvalue weighted by atomic mass is 35.6. The molecule has 0 aromatic heterocycles. The lowest BCUT2D eigenvalue weighted by atomic mass is 10.1. The maximum absolute atomic E-state index is 12.6. The van der Waals surface area contributed by atoms with Crippen molar-refractivity contribution in [2.75, 3.05) is 5.32 Å². The molecule has 0 aliphatic rings. The van der Waals surface area contributed by atoms with Gasteiger partial charge >= 0.3 is 0 Å². The van der Waals surface area contributed by atoms with E-state index < -0.39 is 9.96 Å². The fourth-order valence-corrected chi connectivity index (χ4v) is 3.42. The number of amides is 1. The third-order valence-electron chi connectivity index (χ3n) is 4.31. The Morgan fingerprint density at radius 3 is 2.31 bits per heavy atom. The van der Waals surface area contributed by atoms with E-state index in [9.17, 15) is 4.79 Å². The van der Waals surface area contributed by atoms with E-state index in [0.717, 1.165) is 22.0 Å². The van der Waals surface area contributed by atoms with Gasteiger partial charge in [-0.3, -0.25) is 4.79 Å². The van der Waals surface area contributed by atoms with Crippen LogP contribution < -0.4 is 16.0 Å². The van der Waals surface area contributed by atoms with E-state index in [1.807, 2.05) is 61.5 Å². The average molecular weight is 467 g/mol. The molecule has 29 heavy (non-hydrogen) atoms. The molecule has 8 heteroatoms. The van der Waals surface area contributed by atoms with E-state index in [-0.39, 0.29) is 11.0 Å². The van der Waals surface area contributed by atoms with Gasteiger partial charge in [-0.05, 0) is 42.2 Å². The number of alkyl halides is 3. The number of halogens is 3. The SMILES string of the molecule is Cc1ccccc1C(=O)N[C@H](NC(=S)Nc1cccc2ccccc12)C(Cl)(Cl)Cl. The maximum Gasteiger partial charge on any atom is 0.253 e. The smallest absolute Gasteiger partial charge is 0.253 e. The minimum Gasteiger partial charge on any atom is -0.339 e. The number of thiocarbonyl (C=S) groups is 1. The van der Waals surface area contributed by atoms with Gasteiger partial charge in [0.2, 0.25) is 3.79 Å². The Morgan fingerprint density at radius 2 is 1.59 bits per heavy atom. The largest absolute Gasteiger partial charge is 0.339 e. The summed E-state index contributed by atoms with van der Waals surface area (Å²) in [6.07, 6.45) is -1.05. The van der Waals surface area contributed by atoms with Crippen LogP contribution in [0.1, 0.15) is 15.9 Å². The van der Waals surface area contributed by atoms with Crippen molar-refractivity contribution in [1.82, 2.24) is 10.6 Å². The molecular weight excluding hydrogens is 449 g/mol. The van der Waals surface area contributed by atoms with Crippen LogP contribution in [0.15, 0.2) is 66.7 Å². The Bertz CT molecular complexity index is 1050. The van der Waals surface area contributed by atoms with Gasteiger partial charge in [-0.2, -0.15) is 0 Å². The molecule has 1 amide bonds. The van der Waals surface area contributed by atoms with Gasteiger partial charge in [0, 0.05) is 16.6 Å². The standard InChI is InChI=1S/C21H18Cl3N3OS/c1-13-7-2-4-10-15(13)18(28)26-19(21(22,23)24)27-20(29)25-17-12-6-9-14-8-3-5-11-16(14)17/h2-12,19H,1H3,(H,26,28)(H2,25,27,29)/t19-/m1/s1.